The van der Waals surface area contributed by atoms with Gasteiger partial charge in [0.2, 0.25) is 5.91 Å². The predicted molar refractivity (Wildman–Crippen MR) is 134 cm³/mol. The van der Waals surface area contributed by atoms with Gasteiger partial charge in [0.05, 0.1) is 13.1 Å². The summed E-state index contributed by atoms with van der Waals surface area (Å²) in [4.78, 5) is 18.5. The van der Waals surface area contributed by atoms with Crippen molar-refractivity contribution in [2.45, 2.75) is 51.7 Å². The molecule has 0 aromatic heterocycles. The Morgan fingerprint density at radius 2 is 1.90 bits per heavy atom. The Labute approximate surface area is 198 Å². The number of amides is 1. The summed E-state index contributed by atoms with van der Waals surface area (Å²) in [5.41, 5.74) is 0. The number of guanidine groups is 1. The van der Waals surface area contributed by atoms with E-state index >= 15 is 0 Å². The van der Waals surface area contributed by atoms with Crippen LogP contribution in [0.1, 0.15) is 39.5 Å². The van der Waals surface area contributed by atoms with Crippen LogP contribution in [0.15, 0.2) is 35.3 Å². The monoisotopic (exact) mass is 531 g/mol. The van der Waals surface area contributed by atoms with Gasteiger partial charge in [0.25, 0.3) is 0 Å². The third-order valence-electron chi connectivity index (χ3n) is 5.09. The zero-order valence-corrected chi connectivity index (χ0v) is 20.9. The second kappa shape index (κ2) is 15.3. The van der Waals surface area contributed by atoms with Gasteiger partial charge in [0, 0.05) is 32.7 Å². The molecule has 7 nitrogen and oxygen atoms in total. The molecule has 2 rings (SSSR count). The van der Waals surface area contributed by atoms with Crippen LogP contribution < -0.4 is 20.7 Å². The molecule has 1 heterocycles. The van der Waals surface area contributed by atoms with E-state index in [2.05, 4.69) is 39.7 Å². The molecule has 30 heavy (non-hydrogen) atoms. The quantitative estimate of drug-likeness (QED) is 0.246. The lowest BCUT2D eigenvalue weighted by atomic mass is 10.1. The van der Waals surface area contributed by atoms with Crippen molar-refractivity contribution in [3.63, 3.8) is 0 Å². The number of aliphatic imine (C=N–C) groups is 1. The number of nitrogens with one attached hydrogen (secondary N) is 3. The lowest BCUT2D eigenvalue weighted by molar-refractivity contribution is -0.122. The van der Waals surface area contributed by atoms with Crippen molar-refractivity contribution in [2.75, 3.05) is 39.8 Å². The van der Waals surface area contributed by atoms with E-state index in [1.807, 2.05) is 30.3 Å². The molecule has 8 heteroatoms. The average molecular weight is 531 g/mol. The molecule has 0 radical (unpaired) electrons. The number of piperidine rings is 1. The highest BCUT2D eigenvalue weighted by Gasteiger charge is 2.21. The third-order valence-corrected chi connectivity index (χ3v) is 5.09. The largest absolute Gasteiger partial charge is 0.489 e. The van der Waals surface area contributed by atoms with Gasteiger partial charge in [0.1, 0.15) is 11.9 Å². The summed E-state index contributed by atoms with van der Waals surface area (Å²) < 4.78 is 6.04. The van der Waals surface area contributed by atoms with E-state index in [0.717, 1.165) is 57.0 Å². The molecule has 0 bridgehead atoms. The molecule has 1 saturated heterocycles. The Morgan fingerprint density at radius 3 is 2.50 bits per heavy atom. The summed E-state index contributed by atoms with van der Waals surface area (Å²) in [5.74, 6) is 1.82. The summed E-state index contributed by atoms with van der Waals surface area (Å²) in [6.07, 6.45) is 3.97. The summed E-state index contributed by atoms with van der Waals surface area (Å²) in [6, 6.07) is 10.3. The van der Waals surface area contributed by atoms with E-state index in [0.29, 0.717) is 19.1 Å². The Hall–Kier alpha value is -1.55. The van der Waals surface area contributed by atoms with E-state index in [9.17, 15) is 4.79 Å². The summed E-state index contributed by atoms with van der Waals surface area (Å²) >= 11 is 0. The van der Waals surface area contributed by atoms with Crippen molar-refractivity contribution in [3.8, 4) is 5.75 Å². The normalized spacial score (nSPS) is 16.3. The van der Waals surface area contributed by atoms with Gasteiger partial charge < -0.3 is 20.7 Å². The molecule has 1 aromatic rings. The number of ether oxygens (including phenoxy) is 1. The molecule has 1 aromatic carbocycles. The van der Waals surface area contributed by atoms with E-state index in [4.69, 9.17) is 4.74 Å². The number of carbonyl (C=O) groups is 1. The number of carbonyl (C=O) groups excluding carboxylic acids is 1. The van der Waals surface area contributed by atoms with Crippen LogP contribution >= 0.6 is 24.0 Å². The van der Waals surface area contributed by atoms with Crippen LogP contribution in [0.25, 0.3) is 0 Å². The molecule has 1 atom stereocenters. The van der Waals surface area contributed by atoms with Crippen molar-refractivity contribution in [1.82, 2.24) is 20.9 Å². The molecule has 1 aliphatic heterocycles. The third kappa shape index (κ3) is 9.97. The average Bonchev–Trinajstić information content (AvgIpc) is 2.76. The molecule has 3 N–H and O–H groups in total. The van der Waals surface area contributed by atoms with Gasteiger partial charge in [0.15, 0.2) is 5.96 Å². The first-order chi connectivity index (χ1) is 14.1. The number of hydrogen-bond acceptors (Lipinski definition) is 4. The number of likely N-dealkylation sites (tertiary alicyclic amines) is 1. The smallest absolute Gasteiger partial charge is 0.234 e. The molecule has 0 saturated carbocycles. The van der Waals surface area contributed by atoms with Crippen molar-refractivity contribution >= 4 is 35.8 Å². The van der Waals surface area contributed by atoms with Gasteiger partial charge in [-0.3, -0.25) is 14.7 Å². The molecule has 1 aliphatic rings. The molecule has 1 amide bonds. The van der Waals surface area contributed by atoms with Gasteiger partial charge >= 0.3 is 0 Å². The van der Waals surface area contributed by atoms with Gasteiger partial charge in [-0.05, 0) is 37.8 Å². The maximum Gasteiger partial charge on any atom is 0.234 e. The number of hydrogen-bond donors (Lipinski definition) is 3. The Morgan fingerprint density at radius 1 is 1.20 bits per heavy atom. The maximum absolute atomic E-state index is 11.9. The van der Waals surface area contributed by atoms with Gasteiger partial charge in [-0.2, -0.15) is 0 Å². The number of nitrogens with zero attached hydrogens (tertiary/aromatic N) is 2. The first-order valence-electron chi connectivity index (χ1n) is 10.8. The van der Waals surface area contributed by atoms with Crippen molar-refractivity contribution in [3.05, 3.63) is 30.3 Å². The number of halogens is 1. The van der Waals surface area contributed by atoms with Crippen LogP contribution in [-0.4, -0.2) is 68.7 Å². The predicted octanol–water partition coefficient (Wildman–Crippen LogP) is 2.62. The minimum atomic E-state index is 0. The number of rotatable bonds is 10. The fraction of sp³-hybridized carbons (Fsp3) is 0.636. The van der Waals surface area contributed by atoms with Crippen molar-refractivity contribution < 1.29 is 9.53 Å². The van der Waals surface area contributed by atoms with Crippen LogP contribution in [0, 0.1) is 0 Å². The fourth-order valence-corrected chi connectivity index (χ4v) is 3.32. The van der Waals surface area contributed by atoms with Crippen LogP contribution in [0.3, 0.4) is 0 Å². The Balaban J connectivity index is 0.00000450. The van der Waals surface area contributed by atoms with Crippen LogP contribution in [0.5, 0.6) is 5.75 Å². The van der Waals surface area contributed by atoms with E-state index in [1.54, 1.807) is 7.05 Å². The van der Waals surface area contributed by atoms with Crippen LogP contribution in [0.4, 0.5) is 0 Å². The second-order valence-corrected chi connectivity index (χ2v) is 7.46. The summed E-state index contributed by atoms with van der Waals surface area (Å²) in [7, 11) is 1.79. The molecule has 170 valence electrons. The molecule has 1 unspecified atom stereocenters. The molecule has 0 aliphatic carbocycles. The van der Waals surface area contributed by atoms with E-state index < -0.39 is 0 Å². The standard InChI is InChI=1S/C22H37N5O2.HI/c1-4-13-24-21(28)17-27-14-11-18(12-15-27)26-22(23-3)25-16-19(5-2)29-20-9-7-6-8-10-20;/h6-10,18-19H,4-5,11-17H2,1-3H3,(H,24,28)(H2,23,25,26);1H. The van der Waals surface area contributed by atoms with Crippen LogP contribution in [0.2, 0.25) is 0 Å². The second-order valence-electron chi connectivity index (χ2n) is 7.46. The highest BCUT2D eigenvalue weighted by Crippen LogP contribution is 2.12. The Kier molecular flexibility index (Phi) is 13.5. The lowest BCUT2D eigenvalue weighted by Crippen LogP contribution is -2.51. The highest BCUT2D eigenvalue weighted by atomic mass is 127. The molecule has 1 fully saturated rings. The zero-order chi connectivity index (χ0) is 20.9. The minimum absolute atomic E-state index is 0. The lowest BCUT2D eigenvalue weighted by Gasteiger charge is -2.32. The molecular formula is C22H38IN5O2. The van der Waals surface area contributed by atoms with Gasteiger partial charge in [-0.25, -0.2) is 0 Å². The Bertz CT molecular complexity index is 621. The summed E-state index contributed by atoms with van der Waals surface area (Å²) in [6.45, 7) is 7.97. The minimum Gasteiger partial charge on any atom is -0.489 e. The van der Waals surface area contributed by atoms with Gasteiger partial charge in [-0.15, -0.1) is 24.0 Å². The first-order valence-corrected chi connectivity index (χ1v) is 10.8. The highest BCUT2D eigenvalue weighted by molar-refractivity contribution is 14.0. The topological polar surface area (TPSA) is 78.0 Å². The summed E-state index contributed by atoms with van der Waals surface area (Å²) in [5, 5.41) is 9.85. The molecular weight excluding hydrogens is 493 g/mol. The number of benzene rings is 1. The van der Waals surface area contributed by atoms with E-state index in [1.165, 1.54) is 0 Å². The van der Waals surface area contributed by atoms with E-state index in [-0.39, 0.29) is 36.0 Å². The SMILES string of the molecule is CCCNC(=O)CN1CCC(NC(=NC)NCC(CC)Oc2ccccc2)CC1.I. The van der Waals surface area contributed by atoms with Gasteiger partial charge in [-0.1, -0.05) is 32.0 Å². The van der Waals surface area contributed by atoms with Crippen LogP contribution in [-0.2, 0) is 4.79 Å². The zero-order valence-electron chi connectivity index (χ0n) is 18.5. The first kappa shape index (κ1) is 26.5. The molecule has 0 spiro atoms. The van der Waals surface area contributed by atoms with Crippen molar-refractivity contribution in [2.24, 2.45) is 4.99 Å². The van der Waals surface area contributed by atoms with Crippen molar-refractivity contribution in [1.29, 1.82) is 0 Å². The maximum atomic E-state index is 11.9. The fourth-order valence-electron chi connectivity index (χ4n) is 3.32. The number of para-hydroxylation sites is 1.